The predicted molar refractivity (Wildman–Crippen MR) is 86.0 cm³/mol. The number of rotatable bonds is 4. The first kappa shape index (κ1) is 14.8. The Balaban J connectivity index is 1.67. The second-order valence-corrected chi connectivity index (χ2v) is 7.62. The summed E-state index contributed by atoms with van der Waals surface area (Å²) >= 11 is 0. The zero-order valence-electron chi connectivity index (χ0n) is 13.6. The van der Waals surface area contributed by atoms with E-state index in [4.69, 9.17) is 0 Å². The van der Waals surface area contributed by atoms with Crippen LogP contribution in [0.25, 0.3) is 0 Å². The van der Waals surface area contributed by atoms with Gasteiger partial charge in [0.2, 0.25) is 0 Å². The van der Waals surface area contributed by atoms with Gasteiger partial charge < -0.3 is 10.2 Å². The summed E-state index contributed by atoms with van der Waals surface area (Å²) in [4.78, 5) is 2.69. The molecule has 2 heteroatoms. The fourth-order valence-corrected chi connectivity index (χ4v) is 5.37. The average Bonchev–Trinajstić information content (AvgIpc) is 2.73. The molecule has 0 aromatic heterocycles. The van der Waals surface area contributed by atoms with E-state index in [1.807, 2.05) is 0 Å². The maximum Gasteiger partial charge on any atom is 0.0125 e. The van der Waals surface area contributed by atoms with Gasteiger partial charge in [-0.1, -0.05) is 32.6 Å². The summed E-state index contributed by atoms with van der Waals surface area (Å²) in [5, 5.41) is 3.92. The monoisotopic (exact) mass is 278 g/mol. The number of fused-ring (bicyclic) bond motifs is 2. The number of hydrogen-bond donors (Lipinski definition) is 1. The van der Waals surface area contributed by atoms with E-state index in [0.717, 1.165) is 36.5 Å². The molecule has 0 amide bonds. The summed E-state index contributed by atoms with van der Waals surface area (Å²) in [6.45, 7) is 3.45. The Kier molecular flexibility index (Phi) is 5.04. The van der Waals surface area contributed by atoms with Crippen molar-refractivity contribution in [2.75, 3.05) is 13.6 Å². The van der Waals surface area contributed by atoms with Gasteiger partial charge in [0.1, 0.15) is 0 Å². The lowest BCUT2D eigenvalue weighted by Crippen LogP contribution is -2.49. The summed E-state index contributed by atoms with van der Waals surface area (Å²) in [7, 11) is 2.37. The Morgan fingerprint density at radius 1 is 0.900 bits per heavy atom. The molecule has 0 aromatic rings. The largest absolute Gasteiger partial charge is 0.314 e. The van der Waals surface area contributed by atoms with E-state index in [1.165, 1.54) is 64.2 Å². The fourth-order valence-electron chi connectivity index (χ4n) is 5.37. The van der Waals surface area contributed by atoms with Crippen LogP contribution in [0.4, 0.5) is 0 Å². The summed E-state index contributed by atoms with van der Waals surface area (Å²) < 4.78 is 0. The third-order valence-electron chi connectivity index (χ3n) is 6.49. The molecule has 1 aliphatic carbocycles. The van der Waals surface area contributed by atoms with E-state index in [0.29, 0.717) is 0 Å². The molecule has 3 unspecified atom stereocenters. The number of piperidine rings is 1. The summed E-state index contributed by atoms with van der Waals surface area (Å²) in [6.07, 6.45) is 14.7. The molecule has 2 heterocycles. The van der Waals surface area contributed by atoms with E-state index in [2.05, 4.69) is 24.2 Å². The van der Waals surface area contributed by atoms with Crippen molar-refractivity contribution in [1.82, 2.24) is 10.2 Å². The van der Waals surface area contributed by atoms with Gasteiger partial charge in [0.25, 0.3) is 0 Å². The van der Waals surface area contributed by atoms with Crippen molar-refractivity contribution in [2.24, 2.45) is 11.8 Å². The SMILES string of the molecule is CCNC(C1CCCCCC1)C1CC2CCC(C1)N2C. The molecular formula is C18H34N2. The molecule has 3 aliphatic rings. The minimum absolute atomic E-state index is 0.815. The van der Waals surface area contributed by atoms with E-state index in [-0.39, 0.29) is 0 Å². The summed E-state index contributed by atoms with van der Waals surface area (Å²) in [6, 6.07) is 2.60. The highest BCUT2D eigenvalue weighted by Gasteiger charge is 2.42. The molecule has 1 saturated carbocycles. The lowest BCUT2D eigenvalue weighted by molar-refractivity contribution is 0.0922. The minimum Gasteiger partial charge on any atom is -0.314 e. The Labute approximate surface area is 125 Å². The third-order valence-corrected chi connectivity index (χ3v) is 6.49. The van der Waals surface area contributed by atoms with E-state index in [9.17, 15) is 0 Å². The topological polar surface area (TPSA) is 15.3 Å². The van der Waals surface area contributed by atoms with Gasteiger partial charge in [0, 0.05) is 18.1 Å². The molecular weight excluding hydrogens is 244 g/mol. The van der Waals surface area contributed by atoms with Crippen LogP contribution in [-0.2, 0) is 0 Å². The molecule has 2 aliphatic heterocycles. The predicted octanol–water partition coefficient (Wildman–Crippen LogP) is 3.81. The van der Waals surface area contributed by atoms with Gasteiger partial charge in [-0.2, -0.15) is 0 Å². The average molecular weight is 278 g/mol. The third kappa shape index (κ3) is 3.06. The first-order valence-corrected chi connectivity index (χ1v) is 9.25. The van der Waals surface area contributed by atoms with Gasteiger partial charge in [-0.3, -0.25) is 0 Å². The van der Waals surface area contributed by atoms with Crippen LogP contribution in [0.2, 0.25) is 0 Å². The van der Waals surface area contributed by atoms with Gasteiger partial charge in [0.15, 0.2) is 0 Å². The number of nitrogens with zero attached hydrogens (tertiary/aromatic N) is 1. The summed E-state index contributed by atoms with van der Waals surface area (Å²) in [5.41, 5.74) is 0. The Morgan fingerprint density at radius 3 is 2.05 bits per heavy atom. The van der Waals surface area contributed by atoms with Crippen LogP contribution in [0.5, 0.6) is 0 Å². The molecule has 1 N–H and O–H groups in total. The van der Waals surface area contributed by atoms with Gasteiger partial charge in [-0.15, -0.1) is 0 Å². The molecule has 0 aromatic carbocycles. The highest BCUT2D eigenvalue weighted by molar-refractivity contribution is 4.98. The van der Waals surface area contributed by atoms with E-state index >= 15 is 0 Å². The van der Waals surface area contributed by atoms with Crippen LogP contribution in [0.3, 0.4) is 0 Å². The van der Waals surface area contributed by atoms with Gasteiger partial charge in [-0.05, 0) is 64.0 Å². The van der Waals surface area contributed by atoms with Crippen molar-refractivity contribution in [3.05, 3.63) is 0 Å². The van der Waals surface area contributed by atoms with Crippen molar-refractivity contribution in [3.63, 3.8) is 0 Å². The molecule has 2 bridgehead atoms. The van der Waals surface area contributed by atoms with Crippen LogP contribution in [0, 0.1) is 11.8 Å². The smallest absolute Gasteiger partial charge is 0.0125 e. The minimum atomic E-state index is 0.815. The van der Waals surface area contributed by atoms with Gasteiger partial charge in [-0.25, -0.2) is 0 Å². The lowest BCUT2D eigenvalue weighted by atomic mass is 9.77. The van der Waals surface area contributed by atoms with Crippen molar-refractivity contribution in [3.8, 4) is 0 Å². The van der Waals surface area contributed by atoms with Gasteiger partial charge >= 0.3 is 0 Å². The molecule has 0 spiro atoms. The number of hydrogen-bond acceptors (Lipinski definition) is 2. The fraction of sp³-hybridized carbons (Fsp3) is 1.00. The number of nitrogens with one attached hydrogen (secondary N) is 1. The summed E-state index contributed by atoms with van der Waals surface area (Å²) in [5.74, 6) is 1.91. The van der Waals surface area contributed by atoms with E-state index in [1.54, 1.807) is 0 Å². The molecule has 20 heavy (non-hydrogen) atoms. The Bertz CT molecular complexity index is 282. The van der Waals surface area contributed by atoms with Crippen molar-refractivity contribution in [1.29, 1.82) is 0 Å². The standard InChI is InChI=1S/C18H34N2/c1-3-19-18(14-8-6-4-5-7-9-14)15-12-16-10-11-17(13-15)20(16)2/h14-19H,3-13H2,1-2H3. The highest BCUT2D eigenvalue weighted by Crippen LogP contribution is 2.41. The van der Waals surface area contributed by atoms with E-state index < -0.39 is 0 Å². The molecule has 3 atom stereocenters. The second-order valence-electron chi connectivity index (χ2n) is 7.62. The van der Waals surface area contributed by atoms with Crippen LogP contribution < -0.4 is 5.32 Å². The lowest BCUT2D eigenvalue weighted by Gasteiger charge is -2.42. The normalized spacial score (nSPS) is 37.8. The van der Waals surface area contributed by atoms with Crippen molar-refractivity contribution < 1.29 is 0 Å². The first-order valence-electron chi connectivity index (χ1n) is 9.25. The zero-order chi connectivity index (χ0) is 13.9. The first-order chi connectivity index (χ1) is 9.79. The van der Waals surface area contributed by atoms with Crippen LogP contribution >= 0.6 is 0 Å². The Hall–Kier alpha value is -0.0800. The molecule has 2 saturated heterocycles. The van der Waals surface area contributed by atoms with Crippen LogP contribution in [0.1, 0.15) is 71.1 Å². The molecule has 2 nitrogen and oxygen atoms in total. The molecule has 0 radical (unpaired) electrons. The Morgan fingerprint density at radius 2 is 1.50 bits per heavy atom. The van der Waals surface area contributed by atoms with Crippen molar-refractivity contribution in [2.45, 2.75) is 89.3 Å². The van der Waals surface area contributed by atoms with Crippen molar-refractivity contribution >= 4 is 0 Å². The second kappa shape index (κ2) is 6.79. The highest BCUT2D eigenvalue weighted by atomic mass is 15.2. The zero-order valence-corrected chi connectivity index (χ0v) is 13.6. The van der Waals surface area contributed by atoms with Gasteiger partial charge in [0.05, 0.1) is 0 Å². The van der Waals surface area contributed by atoms with Crippen LogP contribution in [0.15, 0.2) is 0 Å². The quantitative estimate of drug-likeness (QED) is 0.787. The maximum absolute atomic E-state index is 3.92. The maximum atomic E-state index is 3.92. The molecule has 3 rings (SSSR count). The molecule has 116 valence electrons. The molecule has 3 fully saturated rings. The van der Waals surface area contributed by atoms with Crippen LogP contribution in [-0.4, -0.2) is 36.6 Å².